The summed E-state index contributed by atoms with van der Waals surface area (Å²) in [6.45, 7) is 5.76. The normalized spacial score (nSPS) is 16.4. The molecule has 0 aromatic rings. The van der Waals surface area contributed by atoms with Gasteiger partial charge >= 0.3 is 0 Å². The van der Waals surface area contributed by atoms with E-state index in [0.29, 0.717) is 26.2 Å². The summed E-state index contributed by atoms with van der Waals surface area (Å²) in [6, 6.07) is 0. The minimum absolute atomic E-state index is 0.176. The molecule has 0 aromatic carbocycles. The molecule has 0 aliphatic carbocycles. The topological polar surface area (TPSA) is 55.5 Å². The van der Waals surface area contributed by atoms with Gasteiger partial charge in [-0.25, -0.2) is 0 Å². The molecule has 0 saturated carbocycles. The van der Waals surface area contributed by atoms with Crippen LogP contribution in [0.5, 0.6) is 0 Å². The van der Waals surface area contributed by atoms with Crippen LogP contribution in [0, 0.1) is 5.92 Å². The summed E-state index contributed by atoms with van der Waals surface area (Å²) >= 11 is 0. The molecule has 0 spiro atoms. The Morgan fingerprint density at radius 2 is 2.18 bits per heavy atom. The molecule has 3 nitrogen and oxygen atoms in total. The van der Waals surface area contributed by atoms with Gasteiger partial charge < -0.3 is 15.6 Å². The lowest BCUT2D eigenvalue weighted by atomic mass is 10.0. The van der Waals surface area contributed by atoms with Crippen molar-refractivity contribution in [2.24, 2.45) is 11.7 Å². The van der Waals surface area contributed by atoms with Crippen molar-refractivity contribution in [1.29, 1.82) is 0 Å². The number of aliphatic hydroxyl groups excluding tert-OH is 1. The highest BCUT2D eigenvalue weighted by Gasteiger charge is 2.11. The summed E-state index contributed by atoms with van der Waals surface area (Å²) in [6.07, 6.45) is 0.373. The van der Waals surface area contributed by atoms with Crippen molar-refractivity contribution in [3.63, 3.8) is 0 Å². The molecule has 0 radical (unpaired) electrons. The smallest absolute Gasteiger partial charge is 0.0599 e. The van der Waals surface area contributed by atoms with Gasteiger partial charge in [0.2, 0.25) is 0 Å². The van der Waals surface area contributed by atoms with Gasteiger partial charge in [-0.1, -0.05) is 6.92 Å². The fourth-order valence-corrected chi connectivity index (χ4v) is 0.790. The fourth-order valence-electron chi connectivity index (χ4n) is 0.790. The second-order valence-electron chi connectivity index (χ2n) is 2.77. The first-order valence-electron chi connectivity index (χ1n) is 4.18. The summed E-state index contributed by atoms with van der Waals surface area (Å²) in [5, 5.41) is 9.38. The molecule has 11 heavy (non-hydrogen) atoms. The van der Waals surface area contributed by atoms with Crippen molar-refractivity contribution in [2.45, 2.75) is 26.4 Å². The molecule has 3 heteroatoms. The Morgan fingerprint density at radius 1 is 1.55 bits per heavy atom. The largest absolute Gasteiger partial charge is 0.393 e. The average molecular weight is 161 g/mol. The van der Waals surface area contributed by atoms with Crippen molar-refractivity contribution in [3.05, 3.63) is 0 Å². The zero-order valence-electron chi connectivity index (χ0n) is 7.42. The quantitative estimate of drug-likeness (QED) is 0.553. The summed E-state index contributed by atoms with van der Waals surface area (Å²) < 4.78 is 5.10. The van der Waals surface area contributed by atoms with E-state index in [4.69, 9.17) is 10.5 Å². The number of nitrogens with two attached hydrogens (primary N) is 1. The van der Waals surface area contributed by atoms with Gasteiger partial charge in [0.15, 0.2) is 0 Å². The van der Waals surface area contributed by atoms with E-state index in [1.807, 2.05) is 13.8 Å². The fraction of sp³-hybridized carbons (Fsp3) is 1.00. The first kappa shape index (κ1) is 10.9. The highest BCUT2D eigenvalue weighted by Crippen LogP contribution is 2.04. The molecule has 3 N–H and O–H groups in total. The first-order chi connectivity index (χ1) is 5.22. The summed E-state index contributed by atoms with van der Waals surface area (Å²) in [5.41, 5.74) is 5.38. The molecule has 2 atom stereocenters. The van der Waals surface area contributed by atoms with E-state index in [1.54, 1.807) is 0 Å². The van der Waals surface area contributed by atoms with Crippen molar-refractivity contribution in [3.8, 4) is 0 Å². The highest BCUT2D eigenvalue weighted by molar-refractivity contribution is 4.64. The third-order valence-electron chi connectivity index (χ3n) is 1.79. The minimum atomic E-state index is -0.313. The highest BCUT2D eigenvalue weighted by atomic mass is 16.5. The minimum Gasteiger partial charge on any atom is -0.393 e. The van der Waals surface area contributed by atoms with Crippen molar-refractivity contribution in [1.82, 2.24) is 0 Å². The lowest BCUT2D eigenvalue weighted by molar-refractivity contribution is 0.0618. The molecule has 0 aliphatic heterocycles. The average Bonchev–Trinajstić information content (AvgIpc) is 2.03. The van der Waals surface area contributed by atoms with E-state index >= 15 is 0 Å². The van der Waals surface area contributed by atoms with Gasteiger partial charge in [-0.05, 0) is 25.8 Å². The molecule has 0 bridgehead atoms. The molecule has 68 valence electrons. The second kappa shape index (κ2) is 6.58. The van der Waals surface area contributed by atoms with E-state index in [9.17, 15) is 5.11 Å². The number of rotatable bonds is 6. The molecule has 2 unspecified atom stereocenters. The standard InChI is InChI=1S/C8H19NO2/c1-3-11-5-4-8(10)7(2)6-9/h7-8,10H,3-6,9H2,1-2H3. The van der Waals surface area contributed by atoms with Crippen LogP contribution < -0.4 is 5.73 Å². The molecule has 0 saturated heterocycles. The molecule has 0 aromatic heterocycles. The maximum absolute atomic E-state index is 9.38. The SMILES string of the molecule is CCOCCC(O)C(C)CN. The zero-order chi connectivity index (χ0) is 8.69. The molecule has 0 amide bonds. The van der Waals surface area contributed by atoms with E-state index < -0.39 is 0 Å². The third-order valence-corrected chi connectivity index (χ3v) is 1.79. The van der Waals surface area contributed by atoms with Crippen LogP contribution in [0.3, 0.4) is 0 Å². The van der Waals surface area contributed by atoms with Gasteiger partial charge in [0.1, 0.15) is 0 Å². The Morgan fingerprint density at radius 3 is 2.64 bits per heavy atom. The van der Waals surface area contributed by atoms with Crippen LogP contribution in [0.2, 0.25) is 0 Å². The van der Waals surface area contributed by atoms with Crippen LogP contribution in [0.15, 0.2) is 0 Å². The number of ether oxygens (including phenoxy) is 1. The van der Waals surface area contributed by atoms with Gasteiger partial charge in [-0.2, -0.15) is 0 Å². The molecule has 0 rings (SSSR count). The van der Waals surface area contributed by atoms with Gasteiger partial charge in [-0.15, -0.1) is 0 Å². The molecular formula is C8H19NO2. The Kier molecular flexibility index (Phi) is 6.51. The second-order valence-corrected chi connectivity index (χ2v) is 2.77. The number of aliphatic hydroxyl groups is 1. The molecule has 0 heterocycles. The third kappa shape index (κ3) is 5.18. The van der Waals surface area contributed by atoms with Crippen molar-refractivity contribution >= 4 is 0 Å². The van der Waals surface area contributed by atoms with E-state index in [0.717, 1.165) is 0 Å². The predicted octanol–water partition coefficient (Wildman–Crippen LogP) is 0.369. The maximum atomic E-state index is 9.38. The van der Waals surface area contributed by atoms with Gasteiger partial charge in [0.25, 0.3) is 0 Å². The zero-order valence-corrected chi connectivity index (χ0v) is 7.42. The van der Waals surface area contributed by atoms with Crippen LogP contribution in [-0.4, -0.2) is 31.0 Å². The number of hydrogen-bond donors (Lipinski definition) is 2. The Balaban J connectivity index is 3.28. The Bertz CT molecular complexity index is 88.2. The van der Waals surface area contributed by atoms with Crippen molar-refractivity contribution in [2.75, 3.05) is 19.8 Å². The van der Waals surface area contributed by atoms with Gasteiger partial charge in [0, 0.05) is 13.2 Å². The molecular weight excluding hydrogens is 142 g/mol. The van der Waals surface area contributed by atoms with E-state index in [-0.39, 0.29) is 12.0 Å². The summed E-state index contributed by atoms with van der Waals surface area (Å²) in [7, 11) is 0. The van der Waals surface area contributed by atoms with Crippen LogP contribution in [0.25, 0.3) is 0 Å². The first-order valence-corrected chi connectivity index (χ1v) is 4.18. The van der Waals surface area contributed by atoms with Crippen LogP contribution in [-0.2, 0) is 4.74 Å². The summed E-state index contributed by atoms with van der Waals surface area (Å²) in [5.74, 6) is 0.176. The van der Waals surface area contributed by atoms with Gasteiger partial charge in [-0.3, -0.25) is 0 Å². The maximum Gasteiger partial charge on any atom is 0.0599 e. The lowest BCUT2D eigenvalue weighted by Crippen LogP contribution is -2.26. The Labute approximate surface area is 68.5 Å². The monoisotopic (exact) mass is 161 g/mol. The van der Waals surface area contributed by atoms with Crippen LogP contribution in [0.1, 0.15) is 20.3 Å². The predicted molar refractivity (Wildman–Crippen MR) is 45.3 cm³/mol. The molecule has 0 fully saturated rings. The molecule has 0 aliphatic rings. The summed E-state index contributed by atoms with van der Waals surface area (Å²) in [4.78, 5) is 0. The van der Waals surface area contributed by atoms with E-state index in [1.165, 1.54) is 0 Å². The van der Waals surface area contributed by atoms with Crippen molar-refractivity contribution < 1.29 is 9.84 Å². The van der Waals surface area contributed by atoms with Crippen LogP contribution >= 0.6 is 0 Å². The van der Waals surface area contributed by atoms with E-state index in [2.05, 4.69) is 0 Å². The number of hydrogen-bond acceptors (Lipinski definition) is 3. The van der Waals surface area contributed by atoms with Gasteiger partial charge in [0.05, 0.1) is 6.10 Å². The Hall–Kier alpha value is -0.120. The van der Waals surface area contributed by atoms with Crippen LogP contribution in [0.4, 0.5) is 0 Å². The lowest BCUT2D eigenvalue weighted by Gasteiger charge is -2.16.